The highest BCUT2D eigenvalue weighted by molar-refractivity contribution is 4.76. The standard InChI is InChI=1S/C10H22N2O2/c1-13-6-2-3-10(12-11)9-4-7-14-8-5-9/h9-10,12H,2-8,11H2,1H3. The van der Waals surface area contributed by atoms with Crippen LogP contribution >= 0.6 is 0 Å². The van der Waals surface area contributed by atoms with Gasteiger partial charge in [-0.3, -0.25) is 11.3 Å². The SMILES string of the molecule is COCCCC(NN)C1CCOCC1. The molecule has 4 nitrogen and oxygen atoms in total. The van der Waals surface area contributed by atoms with Crippen molar-refractivity contribution in [1.29, 1.82) is 0 Å². The lowest BCUT2D eigenvalue weighted by Gasteiger charge is -2.29. The van der Waals surface area contributed by atoms with Gasteiger partial charge in [-0.1, -0.05) is 0 Å². The van der Waals surface area contributed by atoms with Gasteiger partial charge < -0.3 is 9.47 Å². The molecule has 4 heteroatoms. The third kappa shape index (κ3) is 3.92. The van der Waals surface area contributed by atoms with Gasteiger partial charge in [-0.25, -0.2) is 0 Å². The Bertz CT molecular complexity index is 138. The summed E-state index contributed by atoms with van der Waals surface area (Å²) in [5.74, 6) is 6.23. The molecule has 0 radical (unpaired) electrons. The van der Waals surface area contributed by atoms with Crippen LogP contribution in [0.3, 0.4) is 0 Å². The van der Waals surface area contributed by atoms with Crippen LogP contribution in [-0.2, 0) is 9.47 Å². The van der Waals surface area contributed by atoms with Gasteiger partial charge in [0.05, 0.1) is 0 Å². The van der Waals surface area contributed by atoms with E-state index in [0.717, 1.165) is 45.5 Å². The second kappa shape index (κ2) is 7.17. The monoisotopic (exact) mass is 202 g/mol. The predicted octanol–water partition coefficient (Wildman–Crippen LogP) is 0.671. The molecule has 0 saturated carbocycles. The molecule has 0 spiro atoms. The number of hydrogen-bond acceptors (Lipinski definition) is 4. The summed E-state index contributed by atoms with van der Waals surface area (Å²) in [5, 5.41) is 0. The number of nitrogens with two attached hydrogens (primary N) is 1. The van der Waals surface area contributed by atoms with Crippen LogP contribution in [-0.4, -0.2) is 33.0 Å². The Morgan fingerprint density at radius 2 is 2.21 bits per heavy atom. The summed E-state index contributed by atoms with van der Waals surface area (Å²) in [6, 6.07) is 0.425. The second-order valence-corrected chi connectivity index (χ2v) is 3.86. The van der Waals surface area contributed by atoms with E-state index >= 15 is 0 Å². The number of nitrogens with one attached hydrogen (secondary N) is 1. The maximum atomic E-state index is 5.55. The highest BCUT2D eigenvalue weighted by Crippen LogP contribution is 2.21. The van der Waals surface area contributed by atoms with Crippen LogP contribution in [0.25, 0.3) is 0 Å². The van der Waals surface area contributed by atoms with Crippen LogP contribution in [0.5, 0.6) is 0 Å². The Kier molecular flexibility index (Phi) is 6.10. The molecule has 1 heterocycles. The molecule has 1 aliphatic rings. The predicted molar refractivity (Wildman–Crippen MR) is 55.8 cm³/mol. The smallest absolute Gasteiger partial charge is 0.0469 e. The van der Waals surface area contributed by atoms with Crippen molar-refractivity contribution in [1.82, 2.24) is 5.43 Å². The van der Waals surface area contributed by atoms with Gasteiger partial charge in [0.25, 0.3) is 0 Å². The Morgan fingerprint density at radius 1 is 1.50 bits per heavy atom. The Hall–Kier alpha value is -0.160. The lowest BCUT2D eigenvalue weighted by atomic mass is 9.89. The van der Waals surface area contributed by atoms with Crippen molar-refractivity contribution in [3.63, 3.8) is 0 Å². The van der Waals surface area contributed by atoms with Crippen LogP contribution in [0, 0.1) is 5.92 Å². The fraction of sp³-hybridized carbons (Fsp3) is 1.00. The summed E-state index contributed by atoms with van der Waals surface area (Å²) < 4.78 is 10.4. The molecular weight excluding hydrogens is 180 g/mol. The van der Waals surface area contributed by atoms with E-state index in [1.165, 1.54) is 0 Å². The third-order valence-electron chi connectivity index (χ3n) is 2.91. The van der Waals surface area contributed by atoms with Crippen molar-refractivity contribution in [3.05, 3.63) is 0 Å². The Morgan fingerprint density at radius 3 is 2.79 bits per heavy atom. The molecule has 1 unspecified atom stereocenters. The quantitative estimate of drug-likeness (QED) is 0.378. The minimum atomic E-state index is 0.425. The first-order valence-electron chi connectivity index (χ1n) is 5.41. The Labute approximate surface area is 86.1 Å². The van der Waals surface area contributed by atoms with Gasteiger partial charge in [0.1, 0.15) is 0 Å². The number of ether oxygens (including phenoxy) is 2. The number of rotatable bonds is 6. The van der Waals surface area contributed by atoms with Crippen molar-refractivity contribution >= 4 is 0 Å². The van der Waals surface area contributed by atoms with E-state index in [4.69, 9.17) is 15.3 Å². The molecule has 0 aliphatic carbocycles. The van der Waals surface area contributed by atoms with Gasteiger partial charge >= 0.3 is 0 Å². The third-order valence-corrected chi connectivity index (χ3v) is 2.91. The zero-order valence-corrected chi connectivity index (χ0v) is 9.00. The minimum absolute atomic E-state index is 0.425. The van der Waals surface area contributed by atoms with Gasteiger partial charge in [0.15, 0.2) is 0 Å². The molecular formula is C10H22N2O2. The zero-order valence-electron chi connectivity index (χ0n) is 9.00. The molecule has 0 amide bonds. The molecule has 0 aromatic carbocycles. The molecule has 0 aromatic rings. The lowest BCUT2D eigenvalue weighted by molar-refractivity contribution is 0.0511. The van der Waals surface area contributed by atoms with Crippen LogP contribution in [0.1, 0.15) is 25.7 Å². The van der Waals surface area contributed by atoms with E-state index in [1.54, 1.807) is 7.11 Å². The molecule has 14 heavy (non-hydrogen) atoms. The van der Waals surface area contributed by atoms with E-state index in [9.17, 15) is 0 Å². The normalized spacial score (nSPS) is 21.0. The second-order valence-electron chi connectivity index (χ2n) is 3.86. The number of methoxy groups -OCH3 is 1. The summed E-state index contributed by atoms with van der Waals surface area (Å²) in [6.07, 6.45) is 4.42. The van der Waals surface area contributed by atoms with Gasteiger partial charge in [-0.05, 0) is 31.6 Å². The van der Waals surface area contributed by atoms with Crippen LogP contribution < -0.4 is 11.3 Å². The van der Waals surface area contributed by atoms with E-state index in [2.05, 4.69) is 5.43 Å². The fourth-order valence-electron chi connectivity index (χ4n) is 2.02. The summed E-state index contributed by atoms with van der Waals surface area (Å²) >= 11 is 0. The van der Waals surface area contributed by atoms with Gasteiger partial charge in [0, 0.05) is 33.0 Å². The molecule has 1 aliphatic heterocycles. The van der Waals surface area contributed by atoms with E-state index in [1.807, 2.05) is 0 Å². The van der Waals surface area contributed by atoms with Crippen LogP contribution in [0.15, 0.2) is 0 Å². The summed E-state index contributed by atoms with van der Waals surface area (Å²) in [7, 11) is 1.74. The first-order chi connectivity index (χ1) is 6.88. The van der Waals surface area contributed by atoms with Crippen LogP contribution in [0.4, 0.5) is 0 Å². The molecule has 1 fully saturated rings. The molecule has 84 valence electrons. The minimum Gasteiger partial charge on any atom is -0.385 e. The topological polar surface area (TPSA) is 56.5 Å². The Balaban J connectivity index is 2.21. The molecule has 1 saturated heterocycles. The molecule has 3 N–H and O–H groups in total. The van der Waals surface area contributed by atoms with Crippen LogP contribution in [0.2, 0.25) is 0 Å². The molecule has 0 aromatic heterocycles. The van der Waals surface area contributed by atoms with Gasteiger partial charge in [-0.2, -0.15) is 0 Å². The lowest BCUT2D eigenvalue weighted by Crippen LogP contribution is -2.43. The van der Waals surface area contributed by atoms with Gasteiger partial charge in [0.2, 0.25) is 0 Å². The zero-order chi connectivity index (χ0) is 10.2. The first kappa shape index (κ1) is 11.9. The van der Waals surface area contributed by atoms with E-state index in [0.29, 0.717) is 12.0 Å². The summed E-state index contributed by atoms with van der Waals surface area (Å²) in [4.78, 5) is 0. The van der Waals surface area contributed by atoms with E-state index < -0.39 is 0 Å². The summed E-state index contributed by atoms with van der Waals surface area (Å²) in [5.41, 5.74) is 2.92. The highest BCUT2D eigenvalue weighted by atomic mass is 16.5. The largest absolute Gasteiger partial charge is 0.385 e. The average Bonchev–Trinajstić information content (AvgIpc) is 2.26. The first-order valence-corrected chi connectivity index (χ1v) is 5.41. The number of hydrazine groups is 1. The maximum absolute atomic E-state index is 5.55. The molecule has 1 rings (SSSR count). The number of hydrogen-bond donors (Lipinski definition) is 2. The molecule has 0 bridgehead atoms. The van der Waals surface area contributed by atoms with Crippen molar-refractivity contribution in [3.8, 4) is 0 Å². The molecule has 1 atom stereocenters. The maximum Gasteiger partial charge on any atom is 0.0469 e. The average molecular weight is 202 g/mol. The highest BCUT2D eigenvalue weighted by Gasteiger charge is 2.22. The summed E-state index contributed by atoms with van der Waals surface area (Å²) in [6.45, 7) is 2.58. The van der Waals surface area contributed by atoms with Crippen molar-refractivity contribution in [2.24, 2.45) is 11.8 Å². The van der Waals surface area contributed by atoms with Crippen molar-refractivity contribution in [2.75, 3.05) is 26.9 Å². The van der Waals surface area contributed by atoms with E-state index in [-0.39, 0.29) is 0 Å². The van der Waals surface area contributed by atoms with Crippen molar-refractivity contribution in [2.45, 2.75) is 31.7 Å². The van der Waals surface area contributed by atoms with Crippen molar-refractivity contribution < 1.29 is 9.47 Å². The van der Waals surface area contributed by atoms with Gasteiger partial charge in [-0.15, -0.1) is 0 Å². The fourth-order valence-corrected chi connectivity index (χ4v) is 2.02.